The molecule has 0 radical (unpaired) electrons. The van der Waals surface area contributed by atoms with Gasteiger partial charge >= 0.3 is 5.97 Å². The van der Waals surface area contributed by atoms with Gasteiger partial charge in [0.25, 0.3) is 0 Å². The lowest BCUT2D eigenvalue weighted by atomic mass is 10.1. The number of Topliss-reactive ketones (excluding diaryl/α,β-unsaturated/α-hetero) is 1. The zero-order chi connectivity index (χ0) is 20.1. The predicted octanol–water partition coefficient (Wildman–Crippen LogP) is 4.74. The topological polar surface area (TPSA) is 68.4 Å². The first-order chi connectivity index (χ1) is 13.5. The van der Waals surface area contributed by atoms with Gasteiger partial charge in [-0.05, 0) is 49.6 Å². The summed E-state index contributed by atoms with van der Waals surface area (Å²) >= 11 is 0. The number of hydrogen-bond acceptors (Lipinski definition) is 4. The Bertz CT molecular complexity index is 972. The van der Waals surface area contributed by atoms with Crippen LogP contribution < -0.4 is 4.74 Å². The number of benzene rings is 2. The van der Waals surface area contributed by atoms with E-state index in [9.17, 15) is 9.59 Å². The third-order valence-electron chi connectivity index (χ3n) is 4.53. The third kappa shape index (κ3) is 4.14. The Balaban J connectivity index is 1.68. The van der Waals surface area contributed by atoms with E-state index in [1.54, 1.807) is 20.8 Å². The normalized spacial score (nSPS) is 10.5. The zero-order valence-electron chi connectivity index (χ0n) is 16.2. The molecule has 1 N–H and O–H groups in total. The van der Waals surface area contributed by atoms with Crippen LogP contribution in [0.15, 0.2) is 54.6 Å². The fourth-order valence-electron chi connectivity index (χ4n) is 3.13. The first-order valence-electron chi connectivity index (χ1n) is 9.19. The molecule has 3 rings (SSSR count). The number of esters is 1. The van der Waals surface area contributed by atoms with Gasteiger partial charge in [0.2, 0.25) is 5.78 Å². The van der Waals surface area contributed by atoms with Gasteiger partial charge in [0.15, 0.2) is 6.61 Å². The van der Waals surface area contributed by atoms with Crippen LogP contribution in [-0.4, -0.2) is 30.0 Å². The summed E-state index contributed by atoms with van der Waals surface area (Å²) in [7, 11) is 0. The van der Waals surface area contributed by atoms with Crippen LogP contribution in [0.3, 0.4) is 0 Å². The van der Waals surface area contributed by atoms with Crippen LogP contribution in [0.4, 0.5) is 0 Å². The predicted molar refractivity (Wildman–Crippen MR) is 108 cm³/mol. The van der Waals surface area contributed by atoms with Gasteiger partial charge < -0.3 is 14.5 Å². The molecule has 0 saturated heterocycles. The summed E-state index contributed by atoms with van der Waals surface area (Å²) in [4.78, 5) is 27.6. The fraction of sp³-hybridized carbons (Fsp3) is 0.217. The van der Waals surface area contributed by atoms with Gasteiger partial charge in [0.05, 0.1) is 17.9 Å². The first-order valence-corrected chi connectivity index (χ1v) is 9.19. The van der Waals surface area contributed by atoms with E-state index >= 15 is 0 Å². The Morgan fingerprint density at radius 1 is 0.929 bits per heavy atom. The molecule has 0 fully saturated rings. The fourth-order valence-corrected chi connectivity index (χ4v) is 3.13. The first kappa shape index (κ1) is 19.4. The number of carbonyl (C=O) groups is 2. The van der Waals surface area contributed by atoms with Crippen molar-refractivity contribution in [3.8, 4) is 16.9 Å². The molecule has 5 nitrogen and oxygen atoms in total. The maximum atomic E-state index is 12.6. The lowest BCUT2D eigenvalue weighted by molar-refractivity contribution is 0.0525. The molecule has 0 aliphatic carbocycles. The van der Waals surface area contributed by atoms with Crippen LogP contribution >= 0.6 is 0 Å². The summed E-state index contributed by atoms with van der Waals surface area (Å²) in [5, 5.41) is 0. The highest BCUT2D eigenvalue weighted by Gasteiger charge is 2.23. The van der Waals surface area contributed by atoms with Crippen molar-refractivity contribution in [2.24, 2.45) is 0 Å². The quantitative estimate of drug-likeness (QED) is 0.477. The van der Waals surface area contributed by atoms with E-state index in [4.69, 9.17) is 9.47 Å². The highest BCUT2D eigenvalue weighted by molar-refractivity contribution is 6.02. The molecular weight excluding hydrogens is 354 g/mol. The number of aromatic nitrogens is 1. The minimum atomic E-state index is -0.426. The molecule has 1 aromatic heterocycles. The van der Waals surface area contributed by atoms with Gasteiger partial charge in [0, 0.05) is 5.69 Å². The van der Waals surface area contributed by atoms with E-state index in [1.807, 2.05) is 54.6 Å². The molecule has 0 amide bonds. The van der Waals surface area contributed by atoms with Crippen molar-refractivity contribution in [1.29, 1.82) is 0 Å². The van der Waals surface area contributed by atoms with Crippen molar-refractivity contribution in [2.75, 3.05) is 13.2 Å². The number of ketones is 1. The van der Waals surface area contributed by atoms with Gasteiger partial charge in [-0.2, -0.15) is 0 Å². The number of ether oxygens (including phenoxy) is 2. The van der Waals surface area contributed by atoms with E-state index in [0.717, 1.165) is 11.1 Å². The van der Waals surface area contributed by atoms with Crippen LogP contribution in [0, 0.1) is 13.8 Å². The lowest BCUT2D eigenvalue weighted by Gasteiger charge is -2.07. The molecule has 0 bridgehead atoms. The zero-order valence-corrected chi connectivity index (χ0v) is 16.2. The Morgan fingerprint density at radius 3 is 2.21 bits per heavy atom. The molecule has 5 heteroatoms. The molecular formula is C23H23NO4. The number of nitrogens with one attached hydrogen (secondary N) is 1. The molecule has 0 unspecified atom stereocenters. The molecule has 0 spiro atoms. The second-order valence-electron chi connectivity index (χ2n) is 6.45. The minimum Gasteiger partial charge on any atom is -0.485 e. The minimum absolute atomic E-state index is 0.117. The van der Waals surface area contributed by atoms with Gasteiger partial charge in [-0.15, -0.1) is 0 Å². The molecule has 2 aromatic carbocycles. The van der Waals surface area contributed by atoms with Crippen LogP contribution in [-0.2, 0) is 4.74 Å². The molecule has 1 heterocycles. The number of H-pyrrole nitrogens is 1. The number of aromatic amines is 1. The summed E-state index contributed by atoms with van der Waals surface area (Å²) in [6.45, 7) is 5.40. The maximum absolute atomic E-state index is 12.6. The Morgan fingerprint density at radius 2 is 1.57 bits per heavy atom. The Hall–Kier alpha value is -3.34. The van der Waals surface area contributed by atoms with E-state index in [-0.39, 0.29) is 19.0 Å². The van der Waals surface area contributed by atoms with Crippen LogP contribution in [0.25, 0.3) is 11.1 Å². The van der Waals surface area contributed by atoms with E-state index in [1.165, 1.54) is 0 Å². The summed E-state index contributed by atoms with van der Waals surface area (Å²) in [5.74, 6) is -0.0342. The van der Waals surface area contributed by atoms with Crippen molar-refractivity contribution in [2.45, 2.75) is 20.8 Å². The highest BCUT2D eigenvalue weighted by atomic mass is 16.5. The van der Waals surface area contributed by atoms with E-state index in [2.05, 4.69) is 4.98 Å². The Kier molecular flexibility index (Phi) is 5.94. The van der Waals surface area contributed by atoms with Crippen molar-refractivity contribution >= 4 is 11.8 Å². The average Bonchev–Trinajstić information content (AvgIpc) is 3.01. The van der Waals surface area contributed by atoms with Crippen molar-refractivity contribution < 1.29 is 19.1 Å². The molecule has 0 atom stereocenters. The maximum Gasteiger partial charge on any atom is 0.340 e. The monoisotopic (exact) mass is 377 g/mol. The lowest BCUT2D eigenvalue weighted by Crippen LogP contribution is -2.13. The molecule has 0 aliphatic heterocycles. The highest BCUT2D eigenvalue weighted by Crippen LogP contribution is 2.23. The number of carbonyl (C=O) groups excluding carboxylic acids is 2. The van der Waals surface area contributed by atoms with Crippen LogP contribution in [0.1, 0.15) is 39.0 Å². The number of aryl methyl sites for hydroxylation is 1. The van der Waals surface area contributed by atoms with Crippen molar-refractivity contribution in [3.05, 3.63) is 77.1 Å². The van der Waals surface area contributed by atoms with Crippen LogP contribution in [0.2, 0.25) is 0 Å². The number of rotatable bonds is 7. The Labute approximate surface area is 164 Å². The molecule has 0 aliphatic rings. The van der Waals surface area contributed by atoms with E-state index < -0.39 is 5.97 Å². The largest absolute Gasteiger partial charge is 0.485 e. The smallest absolute Gasteiger partial charge is 0.340 e. The van der Waals surface area contributed by atoms with Gasteiger partial charge in [-0.1, -0.05) is 42.5 Å². The SMILES string of the molecule is CCOC(=O)c1c(C)[nH]c(C(=O)COc2ccc(-c3ccccc3)cc2)c1C. The van der Waals surface area contributed by atoms with Crippen LogP contribution in [0.5, 0.6) is 5.75 Å². The second-order valence-corrected chi connectivity index (χ2v) is 6.45. The standard InChI is InChI=1S/C23H23NO4/c1-4-27-23(26)21-15(2)22(24-16(21)3)20(25)14-28-19-12-10-18(11-13-19)17-8-6-5-7-9-17/h5-13,24H,4,14H2,1-3H3. The van der Waals surface area contributed by atoms with Gasteiger partial charge in [0.1, 0.15) is 5.75 Å². The summed E-state index contributed by atoms with van der Waals surface area (Å²) in [5.41, 5.74) is 4.19. The summed E-state index contributed by atoms with van der Waals surface area (Å²) in [6.07, 6.45) is 0. The molecule has 144 valence electrons. The molecule has 3 aromatic rings. The second kappa shape index (κ2) is 8.57. The third-order valence-corrected chi connectivity index (χ3v) is 4.53. The van der Waals surface area contributed by atoms with Gasteiger partial charge in [-0.3, -0.25) is 4.79 Å². The molecule has 28 heavy (non-hydrogen) atoms. The average molecular weight is 377 g/mol. The summed E-state index contributed by atoms with van der Waals surface area (Å²) < 4.78 is 10.7. The molecule has 0 saturated carbocycles. The van der Waals surface area contributed by atoms with Crippen molar-refractivity contribution in [1.82, 2.24) is 4.98 Å². The van der Waals surface area contributed by atoms with Crippen molar-refractivity contribution in [3.63, 3.8) is 0 Å². The summed E-state index contributed by atoms with van der Waals surface area (Å²) in [6, 6.07) is 17.6. The number of hydrogen-bond donors (Lipinski definition) is 1. The van der Waals surface area contributed by atoms with E-state index in [0.29, 0.717) is 28.3 Å². The van der Waals surface area contributed by atoms with Gasteiger partial charge in [-0.25, -0.2) is 4.79 Å².